The molecule has 1 atom stereocenters. The first kappa shape index (κ1) is 16.7. The van der Waals surface area contributed by atoms with Gasteiger partial charge in [0, 0.05) is 25.2 Å². The van der Waals surface area contributed by atoms with Crippen LogP contribution >= 0.6 is 11.6 Å². The quantitative estimate of drug-likeness (QED) is 0.793. The third-order valence-electron chi connectivity index (χ3n) is 3.95. The Hall–Kier alpha value is -0.690. The standard InChI is InChI=1S/C14H20ClFN2O2S/c1-17-7-3-4-12(10-17)18(2)21(19,20)13-5-6-14(16)11(8-13)9-15/h5-6,8,12H,3-4,7,9-10H2,1-2H3. The fourth-order valence-corrected chi connectivity index (χ4v) is 4.25. The minimum Gasteiger partial charge on any atom is -0.305 e. The van der Waals surface area contributed by atoms with Crippen molar-refractivity contribution in [2.75, 3.05) is 27.2 Å². The summed E-state index contributed by atoms with van der Waals surface area (Å²) in [5.41, 5.74) is 0.201. The smallest absolute Gasteiger partial charge is 0.243 e. The molecule has 1 fully saturated rings. The van der Waals surface area contributed by atoms with E-state index in [1.165, 1.54) is 16.4 Å². The maximum absolute atomic E-state index is 13.5. The van der Waals surface area contributed by atoms with Gasteiger partial charge in [0.15, 0.2) is 0 Å². The lowest BCUT2D eigenvalue weighted by Gasteiger charge is -2.35. The number of piperidine rings is 1. The van der Waals surface area contributed by atoms with E-state index in [0.717, 1.165) is 25.5 Å². The van der Waals surface area contributed by atoms with Crippen LogP contribution < -0.4 is 0 Å². The van der Waals surface area contributed by atoms with E-state index in [-0.39, 0.29) is 22.4 Å². The summed E-state index contributed by atoms with van der Waals surface area (Å²) in [6.45, 7) is 1.69. The van der Waals surface area contributed by atoms with Gasteiger partial charge in [0.1, 0.15) is 5.82 Å². The summed E-state index contributed by atoms with van der Waals surface area (Å²) in [5.74, 6) is -0.533. The Balaban J connectivity index is 2.28. The van der Waals surface area contributed by atoms with Crippen LogP contribution in [0.3, 0.4) is 0 Å². The van der Waals surface area contributed by atoms with Crippen molar-refractivity contribution < 1.29 is 12.8 Å². The van der Waals surface area contributed by atoms with E-state index in [1.807, 2.05) is 7.05 Å². The van der Waals surface area contributed by atoms with Crippen LogP contribution in [-0.2, 0) is 15.9 Å². The molecule has 1 aliphatic rings. The Morgan fingerprint density at radius 2 is 2.19 bits per heavy atom. The maximum atomic E-state index is 13.5. The molecular formula is C14H20ClFN2O2S. The van der Waals surface area contributed by atoms with Gasteiger partial charge in [-0.3, -0.25) is 0 Å². The van der Waals surface area contributed by atoms with Crippen molar-refractivity contribution in [3.63, 3.8) is 0 Å². The lowest BCUT2D eigenvalue weighted by Crippen LogP contribution is -2.47. The summed E-state index contributed by atoms with van der Waals surface area (Å²) < 4.78 is 40.2. The monoisotopic (exact) mass is 334 g/mol. The van der Waals surface area contributed by atoms with Crippen LogP contribution in [-0.4, -0.2) is 50.8 Å². The summed E-state index contributed by atoms with van der Waals surface area (Å²) >= 11 is 5.65. The molecule has 0 aliphatic carbocycles. The van der Waals surface area contributed by atoms with Crippen LogP contribution in [0, 0.1) is 5.82 Å². The van der Waals surface area contributed by atoms with Crippen molar-refractivity contribution in [2.45, 2.75) is 29.7 Å². The van der Waals surface area contributed by atoms with E-state index < -0.39 is 15.8 Å². The van der Waals surface area contributed by atoms with E-state index in [0.29, 0.717) is 6.54 Å². The zero-order valence-corrected chi connectivity index (χ0v) is 13.8. The van der Waals surface area contributed by atoms with E-state index in [1.54, 1.807) is 7.05 Å². The first-order chi connectivity index (χ1) is 9.86. The van der Waals surface area contributed by atoms with Crippen molar-refractivity contribution in [2.24, 2.45) is 0 Å². The van der Waals surface area contributed by atoms with Gasteiger partial charge >= 0.3 is 0 Å². The van der Waals surface area contributed by atoms with Crippen LogP contribution in [0.15, 0.2) is 23.1 Å². The van der Waals surface area contributed by atoms with Crippen LogP contribution in [0.25, 0.3) is 0 Å². The number of likely N-dealkylation sites (tertiary alicyclic amines) is 1. The molecule has 0 aromatic heterocycles. The second-order valence-electron chi connectivity index (χ2n) is 5.47. The highest BCUT2D eigenvalue weighted by Gasteiger charge is 2.30. The van der Waals surface area contributed by atoms with E-state index in [4.69, 9.17) is 11.6 Å². The SMILES string of the molecule is CN1CCCC(N(C)S(=O)(=O)c2ccc(F)c(CCl)c2)C1. The molecule has 7 heteroatoms. The Kier molecular flexibility index (Phi) is 5.24. The van der Waals surface area contributed by atoms with Gasteiger partial charge < -0.3 is 4.90 Å². The number of hydrogen-bond donors (Lipinski definition) is 0. The molecule has 118 valence electrons. The Morgan fingerprint density at radius 3 is 2.81 bits per heavy atom. The predicted octanol–water partition coefficient (Wildman–Crippen LogP) is 2.28. The number of likely N-dealkylation sites (N-methyl/N-ethyl adjacent to an activating group) is 2. The average molecular weight is 335 g/mol. The second-order valence-corrected chi connectivity index (χ2v) is 7.73. The highest BCUT2D eigenvalue weighted by atomic mass is 35.5. The van der Waals surface area contributed by atoms with E-state index in [9.17, 15) is 12.8 Å². The van der Waals surface area contributed by atoms with Crippen molar-refractivity contribution in [1.82, 2.24) is 9.21 Å². The largest absolute Gasteiger partial charge is 0.305 e. The zero-order valence-electron chi connectivity index (χ0n) is 12.2. The molecule has 2 rings (SSSR count). The highest BCUT2D eigenvalue weighted by molar-refractivity contribution is 7.89. The maximum Gasteiger partial charge on any atom is 0.243 e. The molecular weight excluding hydrogens is 315 g/mol. The Bertz CT molecular complexity index is 609. The van der Waals surface area contributed by atoms with E-state index >= 15 is 0 Å². The molecule has 1 saturated heterocycles. The van der Waals surface area contributed by atoms with Gasteiger partial charge in [-0.15, -0.1) is 11.6 Å². The fourth-order valence-electron chi connectivity index (χ4n) is 2.61. The number of sulfonamides is 1. The lowest BCUT2D eigenvalue weighted by molar-refractivity contribution is 0.187. The van der Waals surface area contributed by atoms with Gasteiger partial charge in [0.2, 0.25) is 10.0 Å². The molecule has 1 heterocycles. The van der Waals surface area contributed by atoms with Crippen molar-refractivity contribution in [3.8, 4) is 0 Å². The number of alkyl halides is 1. The summed E-state index contributed by atoms with van der Waals surface area (Å²) in [4.78, 5) is 2.21. The molecule has 0 amide bonds. The van der Waals surface area contributed by atoms with Crippen molar-refractivity contribution in [1.29, 1.82) is 0 Å². The zero-order chi connectivity index (χ0) is 15.6. The molecule has 0 saturated carbocycles. The van der Waals surface area contributed by atoms with Crippen LogP contribution in [0.1, 0.15) is 18.4 Å². The molecule has 21 heavy (non-hydrogen) atoms. The summed E-state index contributed by atoms with van der Waals surface area (Å²) in [6, 6.07) is 3.72. The molecule has 1 aromatic rings. The van der Waals surface area contributed by atoms with Gasteiger partial charge in [-0.05, 0) is 44.6 Å². The van der Waals surface area contributed by atoms with Gasteiger partial charge in [0.25, 0.3) is 0 Å². The first-order valence-electron chi connectivity index (χ1n) is 6.87. The van der Waals surface area contributed by atoms with Gasteiger partial charge in [-0.1, -0.05) is 0 Å². The molecule has 1 aromatic carbocycles. The third kappa shape index (κ3) is 3.56. The number of nitrogens with zero attached hydrogens (tertiary/aromatic N) is 2. The first-order valence-corrected chi connectivity index (χ1v) is 8.84. The normalized spacial score (nSPS) is 20.9. The highest BCUT2D eigenvalue weighted by Crippen LogP contribution is 2.23. The molecule has 1 aliphatic heterocycles. The number of benzene rings is 1. The Labute approximate surface area is 130 Å². The number of rotatable bonds is 4. The summed E-state index contributed by atoms with van der Waals surface area (Å²) in [6.07, 6.45) is 1.81. The minimum absolute atomic E-state index is 0.0505. The predicted molar refractivity (Wildman–Crippen MR) is 81.4 cm³/mol. The topological polar surface area (TPSA) is 40.6 Å². The Morgan fingerprint density at radius 1 is 1.48 bits per heavy atom. The van der Waals surface area contributed by atoms with Crippen molar-refractivity contribution >= 4 is 21.6 Å². The molecule has 0 radical (unpaired) electrons. The summed E-state index contributed by atoms with van der Waals surface area (Å²) in [5, 5.41) is 0. The average Bonchev–Trinajstić information content (AvgIpc) is 2.46. The number of halogens is 2. The van der Waals surface area contributed by atoms with Crippen molar-refractivity contribution in [3.05, 3.63) is 29.6 Å². The van der Waals surface area contributed by atoms with Gasteiger partial charge in [0.05, 0.1) is 10.8 Å². The van der Waals surface area contributed by atoms with E-state index in [2.05, 4.69) is 4.90 Å². The fraction of sp³-hybridized carbons (Fsp3) is 0.571. The number of hydrogen-bond acceptors (Lipinski definition) is 3. The molecule has 0 bridgehead atoms. The van der Waals surface area contributed by atoms with Gasteiger partial charge in [-0.25, -0.2) is 12.8 Å². The van der Waals surface area contributed by atoms with Crippen LogP contribution in [0.5, 0.6) is 0 Å². The minimum atomic E-state index is -3.63. The molecule has 0 N–H and O–H groups in total. The van der Waals surface area contributed by atoms with Crippen LogP contribution in [0.2, 0.25) is 0 Å². The summed E-state index contributed by atoms with van der Waals surface area (Å²) in [7, 11) is -0.0616. The van der Waals surface area contributed by atoms with Gasteiger partial charge in [-0.2, -0.15) is 4.31 Å². The molecule has 4 nitrogen and oxygen atoms in total. The second kappa shape index (κ2) is 6.60. The lowest BCUT2D eigenvalue weighted by atomic mass is 10.1. The van der Waals surface area contributed by atoms with Crippen LogP contribution in [0.4, 0.5) is 4.39 Å². The third-order valence-corrected chi connectivity index (χ3v) is 6.15. The molecule has 1 unspecified atom stereocenters. The molecule has 0 spiro atoms.